The minimum atomic E-state index is -0.228. The minimum absolute atomic E-state index is 0.0869. The van der Waals surface area contributed by atoms with E-state index in [0.29, 0.717) is 17.2 Å². The van der Waals surface area contributed by atoms with Gasteiger partial charge in [-0.25, -0.2) is 0 Å². The smallest absolute Gasteiger partial charge is 0.290 e. The number of hydrogen-bond donors (Lipinski definition) is 2. The first-order chi connectivity index (χ1) is 10.1. The summed E-state index contributed by atoms with van der Waals surface area (Å²) in [7, 11) is 3.08. The monoisotopic (exact) mass is 289 g/mol. The molecule has 0 bridgehead atoms. The highest BCUT2D eigenvalue weighted by Crippen LogP contribution is 2.28. The lowest BCUT2D eigenvalue weighted by Gasteiger charge is -2.10. The predicted molar refractivity (Wildman–Crippen MR) is 76.5 cm³/mol. The third-order valence-electron chi connectivity index (χ3n) is 2.85. The molecule has 2 N–H and O–H groups in total. The van der Waals surface area contributed by atoms with E-state index in [-0.39, 0.29) is 18.2 Å². The van der Waals surface area contributed by atoms with Gasteiger partial charge in [0.05, 0.1) is 19.9 Å². The Morgan fingerprint density at radius 3 is 2.76 bits per heavy atom. The van der Waals surface area contributed by atoms with Gasteiger partial charge in [-0.1, -0.05) is 0 Å². The van der Waals surface area contributed by atoms with Crippen LogP contribution in [0.25, 0.3) is 0 Å². The van der Waals surface area contributed by atoms with E-state index in [0.717, 1.165) is 0 Å². The number of amides is 1. The van der Waals surface area contributed by atoms with E-state index in [1.165, 1.54) is 13.3 Å². The van der Waals surface area contributed by atoms with E-state index in [2.05, 4.69) is 5.32 Å². The lowest BCUT2D eigenvalue weighted by atomic mass is 10.2. The number of pyridine rings is 1. The van der Waals surface area contributed by atoms with Crippen molar-refractivity contribution in [3.05, 3.63) is 42.7 Å². The zero-order valence-electron chi connectivity index (χ0n) is 11.9. The number of carbonyl (C=O) groups is 1. The Morgan fingerprint density at radius 2 is 2.10 bits per heavy atom. The first-order valence-corrected chi connectivity index (χ1v) is 6.32. The molecule has 6 heteroatoms. The van der Waals surface area contributed by atoms with Crippen LogP contribution in [-0.2, 0) is 11.3 Å². The van der Waals surface area contributed by atoms with Crippen LogP contribution in [0.2, 0.25) is 0 Å². The van der Waals surface area contributed by atoms with E-state index in [9.17, 15) is 9.90 Å². The van der Waals surface area contributed by atoms with E-state index >= 15 is 0 Å². The number of nitrogens with zero attached hydrogens (tertiary/aromatic N) is 1. The summed E-state index contributed by atoms with van der Waals surface area (Å²) in [5, 5.41) is 12.1. The molecule has 0 saturated heterocycles. The Balaban J connectivity index is 2.09. The molecule has 0 spiro atoms. The molecule has 21 heavy (non-hydrogen) atoms. The van der Waals surface area contributed by atoms with E-state index < -0.39 is 0 Å². The third-order valence-corrected chi connectivity index (χ3v) is 2.85. The summed E-state index contributed by atoms with van der Waals surface area (Å²) in [5.74, 6) is 1.04. The molecule has 110 valence electrons. The molecule has 0 saturated carbocycles. The van der Waals surface area contributed by atoms with Crippen molar-refractivity contribution in [3.63, 3.8) is 0 Å². The van der Waals surface area contributed by atoms with Crippen molar-refractivity contribution >= 4 is 11.6 Å². The number of hydrogen-bond acceptors (Lipinski definition) is 4. The number of ether oxygens (including phenoxy) is 2. The number of rotatable bonds is 5. The molecular weight excluding hydrogens is 272 g/mol. The van der Waals surface area contributed by atoms with Crippen molar-refractivity contribution in [1.82, 2.24) is 0 Å². The lowest BCUT2D eigenvalue weighted by Crippen LogP contribution is -2.39. The fourth-order valence-electron chi connectivity index (χ4n) is 1.86. The summed E-state index contributed by atoms with van der Waals surface area (Å²) in [6.07, 6.45) is 3.18. The molecule has 1 aromatic heterocycles. The molecule has 0 aliphatic heterocycles. The van der Waals surface area contributed by atoms with Gasteiger partial charge in [0.1, 0.15) is 11.5 Å². The van der Waals surface area contributed by atoms with Crippen LogP contribution in [0.3, 0.4) is 0 Å². The van der Waals surface area contributed by atoms with Gasteiger partial charge in [-0.3, -0.25) is 4.79 Å². The van der Waals surface area contributed by atoms with Crippen LogP contribution in [0.4, 0.5) is 5.69 Å². The Hall–Kier alpha value is -2.76. The largest absolute Gasteiger partial charge is 0.503 e. The van der Waals surface area contributed by atoms with Gasteiger partial charge >= 0.3 is 0 Å². The topological polar surface area (TPSA) is 71.7 Å². The maximum atomic E-state index is 12.0. The van der Waals surface area contributed by atoms with Crippen molar-refractivity contribution in [2.24, 2.45) is 0 Å². The molecule has 2 rings (SSSR count). The molecule has 1 heterocycles. The number of nitrogens with one attached hydrogen (secondary N) is 1. The van der Waals surface area contributed by atoms with Crippen LogP contribution in [0.1, 0.15) is 0 Å². The van der Waals surface area contributed by atoms with Crippen LogP contribution in [-0.4, -0.2) is 25.2 Å². The highest BCUT2D eigenvalue weighted by Gasteiger charge is 2.13. The molecule has 1 amide bonds. The second-order valence-electron chi connectivity index (χ2n) is 4.35. The highest BCUT2D eigenvalue weighted by molar-refractivity contribution is 5.91. The fourth-order valence-corrected chi connectivity index (χ4v) is 1.86. The van der Waals surface area contributed by atoms with Gasteiger partial charge in [0.2, 0.25) is 12.7 Å². The van der Waals surface area contributed by atoms with Gasteiger partial charge in [-0.2, -0.15) is 4.57 Å². The lowest BCUT2D eigenvalue weighted by molar-refractivity contribution is -0.684. The first-order valence-electron chi connectivity index (χ1n) is 6.32. The number of anilines is 1. The second kappa shape index (κ2) is 6.60. The molecule has 0 aliphatic carbocycles. The van der Waals surface area contributed by atoms with Gasteiger partial charge in [-0.15, -0.1) is 0 Å². The summed E-state index contributed by atoms with van der Waals surface area (Å²) in [6, 6.07) is 8.34. The average molecular weight is 289 g/mol. The van der Waals surface area contributed by atoms with Crippen LogP contribution in [0, 0.1) is 0 Å². The standard InChI is InChI=1S/C15H16N2O4/c1-20-12-5-6-13(14(8-12)21-2)16-15(19)10-17-7-3-4-11(18)9-17/h3-9H,10H2,1-2H3,(H-,16,18,19)/p+1. The van der Waals surface area contributed by atoms with Gasteiger partial charge in [0, 0.05) is 12.1 Å². The third kappa shape index (κ3) is 3.85. The van der Waals surface area contributed by atoms with Gasteiger partial charge in [0.25, 0.3) is 5.91 Å². The van der Waals surface area contributed by atoms with Crippen LogP contribution in [0.5, 0.6) is 17.2 Å². The minimum Gasteiger partial charge on any atom is -0.503 e. The Morgan fingerprint density at radius 1 is 1.29 bits per heavy atom. The molecule has 2 aromatic rings. The number of aromatic hydroxyl groups is 1. The molecular formula is C15H17N2O4+. The Labute approximate surface area is 122 Å². The molecule has 0 fully saturated rings. The molecule has 0 aliphatic rings. The summed E-state index contributed by atoms with van der Waals surface area (Å²) in [4.78, 5) is 12.0. The molecule has 1 aromatic carbocycles. The first kappa shape index (κ1) is 14.6. The Bertz CT molecular complexity index is 643. The summed E-state index contributed by atoms with van der Waals surface area (Å²) in [5.41, 5.74) is 0.559. The van der Waals surface area contributed by atoms with Crippen molar-refractivity contribution in [3.8, 4) is 17.2 Å². The quantitative estimate of drug-likeness (QED) is 0.815. The van der Waals surface area contributed by atoms with E-state index in [4.69, 9.17) is 9.47 Å². The van der Waals surface area contributed by atoms with Gasteiger partial charge in [-0.05, 0) is 18.2 Å². The number of carbonyl (C=O) groups excluding carboxylic acids is 1. The SMILES string of the molecule is COc1ccc(NC(=O)C[n+]2cccc(O)c2)c(OC)c1. The van der Waals surface area contributed by atoms with Crippen molar-refractivity contribution < 1.29 is 23.9 Å². The summed E-state index contributed by atoms with van der Waals surface area (Å²) in [6.45, 7) is 0.0869. The zero-order chi connectivity index (χ0) is 15.2. The maximum absolute atomic E-state index is 12.0. The normalized spacial score (nSPS) is 10.0. The second-order valence-corrected chi connectivity index (χ2v) is 4.35. The van der Waals surface area contributed by atoms with E-state index in [1.807, 2.05) is 0 Å². The molecule has 6 nitrogen and oxygen atoms in total. The number of methoxy groups -OCH3 is 2. The van der Waals surface area contributed by atoms with Gasteiger partial charge < -0.3 is 19.9 Å². The molecule has 0 unspecified atom stereocenters. The summed E-state index contributed by atoms with van der Waals surface area (Å²) < 4.78 is 11.9. The highest BCUT2D eigenvalue weighted by atomic mass is 16.5. The van der Waals surface area contributed by atoms with Crippen molar-refractivity contribution in [2.75, 3.05) is 19.5 Å². The van der Waals surface area contributed by atoms with Crippen molar-refractivity contribution in [1.29, 1.82) is 0 Å². The molecule has 0 atom stereocenters. The van der Waals surface area contributed by atoms with Crippen LogP contribution >= 0.6 is 0 Å². The predicted octanol–water partition coefficient (Wildman–Crippen LogP) is 1.34. The number of aromatic nitrogens is 1. The number of benzene rings is 1. The van der Waals surface area contributed by atoms with E-state index in [1.54, 1.807) is 48.2 Å². The fraction of sp³-hybridized carbons (Fsp3) is 0.200. The van der Waals surface area contributed by atoms with Crippen LogP contribution in [0.15, 0.2) is 42.7 Å². The Kier molecular flexibility index (Phi) is 4.61. The average Bonchev–Trinajstić information content (AvgIpc) is 2.47. The van der Waals surface area contributed by atoms with Crippen LogP contribution < -0.4 is 19.4 Å². The molecule has 0 radical (unpaired) electrons. The zero-order valence-corrected chi connectivity index (χ0v) is 11.9. The van der Waals surface area contributed by atoms with Crippen molar-refractivity contribution in [2.45, 2.75) is 6.54 Å². The summed E-state index contributed by atoms with van der Waals surface area (Å²) >= 11 is 0. The maximum Gasteiger partial charge on any atom is 0.290 e. The van der Waals surface area contributed by atoms with Gasteiger partial charge in [0.15, 0.2) is 11.9 Å².